The molecule has 1 aliphatic rings. The molecule has 0 atom stereocenters. The fraction of sp³-hybridized carbons (Fsp3) is 0.300. The third-order valence-electron chi connectivity index (χ3n) is 5.04. The number of nitrogens with zero attached hydrogens (tertiary/aromatic N) is 4. The normalized spacial score (nSPS) is 13.8. The summed E-state index contributed by atoms with van der Waals surface area (Å²) in [5, 5.41) is 14.0. The average molecular weight is 379 g/mol. The van der Waals surface area contributed by atoms with Crippen molar-refractivity contribution in [3.8, 4) is 0 Å². The lowest BCUT2D eigenvalue weighted by Gasteiger charge is -2.20. The molecule has 8 heteroatoms. The highest BCUT2D eigenvalue weighted by Gasteiger charge is 2.22. The molecule has 0 unspecified atom stereocenters. The van der Waals surface area contributed by atoms with Crippen LogP contribution in [-0.2, 0) is 6.54 Å². The molecule has 144 valence electrons. The van der Waals surface area contributed by atoms with E-state index in [9.17, 15) is 14.9 Å². The van der Waals surface area contributed by atoms with Gasteiger partial charge in [-0.3, -0.25) is 14.9 Å². The minimum absolute atomic E-state index is 0.0866. The summed E-state index contributed by atoms with van der Waals surface area (Å²) >= 11 is 0. The number of carbonyl (C=O) groups excluding carboxylic acids is 1. The van der Waals surface area contributed by atoms with E-state index in [2.05, 4.69) is 15.2 Å². The topological polar surface area (TPSA) is 92.8 Å². The summed E-state index contributed by atoms with van der Waals surface area (Å²) < 4.78 is 1.92. The minimum Gasteiger partial charge on any atom is -0.371 e. The van der Waals surface area contributed by atoms with Crippen molar-refractivity contribution >= 4 is 22.9 Å². The van der Waals surface area contributed by atoms with E-state index in [-0.39, 0.29) is 18.1 Å². The number of benzene rings is 1. The Labute approximate surface area is 161 Å². The number of imidazole rings is 1. The first kappa shape index (κ1) is 18.0. The number of fused-ring (bicyclic) bond motifs is 1. The SMILES string of the molecule is Cc1cccn2cc(CNC(=O)c3cc([N+](=O)[O-])ccc3N3CCCC3)nc12. The number of amides is 1. The quantitative estimate of drug-likeness (QED) is 0.543. The van der Waals surface area contributed by atoms with Crippen molar-refractivity contribution in [2.75, 3.05) is 18.0 Å². The van der Waals surface area contributed by atoms with Gasteiger partial charge < -0.3 is 14.6 Å². The second kappa shape index (κ2) is 7.30. The van der Waals surface area contributed by atoms with Crippen molar-refractivity contribution in [2.24, 2.45) is 0 Å². The number of nitro benzene ring substituents is 1. The van der Waals surface area contributed by atoms with Crippen molar-refractivity contribution in [1.29, 1.82) is 0 Å². The highest BCUT2D eigenvalue weighted by Crippen LogP contribution is 2.28. The Bertz CT molecular complexity index is 1050. The second-order valence-electron chi connectivity index (χ2n) is 6.99. The Hall–Kier alpha value is -3.42. The van der Waals surface area contributed by atoms with Gasteiger partial charge in [0.05, 0.1) is 28.4 Å². The van der Waals surface area contributed by atoms with E-state index >= 15 is 0 Å². The molecule has 4 rings (SSSR count). The van der Waals surface area contributed by atoms with Gasteiger partial charge in [0, 0.05) is 37.6 Å². The zero-order valence-electron chi connectivity index (χ0n) is 15.6. The van der Waals surface area contributed by atoms with Gasteiger partial charge in [0.2, 0.25) is 0 Å². The number of nitro groups is 1. The van der Waals surface area contributed by atoms with Crippen LogP contribution in [0.1, 0.15) is 34.5 Å². The molecular formula is C20H21N5O3. The minimum atomic E-state index is -0.477. The van der Waals surface area contributed by atoms with E-state index in [0.717, 1.165) is 48.5 Å². The van der Waals surface area contributed by atoms with Gasteiger partial charge in [-0.2, -0.15) is 0 Å². The summed E-state index contributed by atoms with van der Waals surface area (Å²) in [6.07, 6.45) is 5.89. The number of non-ortho nitro benzene ring substituents is 1. The van der Waals surface area contributed by atoms with Crippen molar-refractivity contribution < 1.29 is 9.72 Å². The van der Waals surface area contributed by atoms with Gasteiger partial charge in [0.1, 0.15) is 5.65 Å². The number of anilines is 1. The van der Waals surface area contributed by atoms with Gasteiger partial charge in [0.15, 0.2) is 0 Å². The molecule has 2 aromatic heterocycles. The maximum absolute atomic E-state index is 12.9. The van der Waals surface area contributed by atoms with Gasteiger partial charge in [-0.05, 0) is 37.5 Å². The van der Waals surface area contributed by atoms with Crippen molar-refractivity contribution in [2.45, 2.75) is 26.3 Å². The molecular weight excluding hydrogens is 358 g/mol. The number of hydrogen-bond acceptors (Lipinski definition) is 5. The van der Waals surface area contributed by atoms with Crippen molar-refractivity contribution in [1.82, 2.24) is 14.7 Å². The van der Waals surface area contributed by atoms with Crippen LogP contribution in [0.25, 0.3) is 5.65 Å². The van der Waals surface area contributed by atoms with Gasteiger partial charge >= 0.3 is 0 Å². The Morgan fingerprint density at radius 2 is 2.07 bits per heavy atom. The predicted octanol–water partition coefficient (Wildman–Crippen LogP) is 3.08. The Kier molecular flexibility index (Phi) is 4.68. The van der Waals surface area contributed by atoms with Gasteiger partial charge in [-0.1, -0.05) is 6.07 Å². The largest absolute Gasteiger partial charge is 0.371 e. The molecule has 3 heterocycles. The lowest BCUT2D eigenvalue weighted by Crippen LogP contribution is -2.27. The van der Waals surface area contributed by atoms with Gasteiger partial charge in [-0.25, -0.2) is 4.98 Å². The van der Waals surface area contributed by atoms with Crippen LogP contribution >= 0.6 is 0 Å². The van der Waals surface area contributed by atoms with Crippen molar-refractivity contribution in [3.05, 3.63) is 69.7 Å². The summed E-state index contributed by atoms with van der Waals surface area (Å²) in [6.45, 7) is 3.94. The number of aryl methyl sites for hydroxylation is 1. The monoisotopic (exact) mass is 379 g/mol. The number of carbonyl (C=O) groups is 1. The van der Waals surface area contributed by atoms with E-state index in [1.54, 1.807) is 6.07 Å². The van der Waals surface area contributed by atoms with Crippen LogP contribution in [0.3, 0.4) is 0 Å². The number of pyridine rings is 1. The molecule has 1 aliphatic heterocycles. The number of aromatic nitrogens is 2. The first-order chi connectivity index (χ1) is 13.5. The molecule has 1 aromatic carbocycles. The lowest BCUT2D eigenvalue weighted by atomic mass is 10.1. The summed E-state index contributed by atoms with van der Waals surface area (Å²) in [4.78, 5) is 30.2. The fourth-order valence-corrected chi connectivity index (χ4v) is 3.61. The van der Waals surface area contributed by atoms with Crippen LogP contribution in [0.4, 0.5) is 11.4 Å². The average Bonchev–Trinajstić information content (AvgIpc) is 3.36. The standard InChI is InChI=1S/C20H21N5O3/c1-14-5-4-10-24-13-15(22-19(14)24)12-21-20(26)17-11-16(25(27)28)6-7-18(17)23-8-2-3-9-23/h4-7,10-11,13H,2-3,8-9,12H2,1H3,(H,21,26). The van der Waals surface area contributed by atoms with E-state index < -0.39 is 4.92 Å². The van der Waals surface area contributed by atoms with Crippen LogP contribution in [0, 0.1) is 17.0 Å². The Morgan fingerprint density at radius 1 is 1.29 bits per heavy atom. The lowest BCUT2D eigenvalue weighted by molar-refractivity contribution is -0.384. The van der Waals surface area contributed by atoms with Crippen molar-refractivity contribution in [3.63, 3.8) is 0 Å². The van der Waals surface area contributed by atoms with E-state index in [0.29, 0.717) is 5.56 Å². The van der Waals surface area contributed by atoms with Crippen LogP contribution < -0.4 is 10.2 Å². The highest BCUT2D eigenvalue weighted by atomic mass is 16.6. The van der Waals surface area contributed by atoms with Crippen LogP contribution in [0.2, 0.25) is 0 Å². The highest BCUT2D eigenvalue weighted by molar-refractivity contribution is 6.00. The molecule has 0 saturated carbocycles. The van der Waals surface area contributed by atoms with Crippen LogP contribution in [0.15, 0.2) is 42.7 Å². The fourth-order valence-electron chi connectivity index (χ4n) is 3.61. The third kappa shape index (κ3) is 3.40. The molecule has 1 N–H and O–H groups in total. The molecule has 0 spiro atoms. The second-order valence-corrected chi connectivity index (χ2v) is 6.99. The third-order valence-corrected chi connectivity index (χ3v) is 5.04. The van der Waals surface area contributed by atoms with Crippen LogP contribution in [-0.4, -0.2) is 33.3 Å². The smallest absolute Gasteiger partial charge is 0.270 e. The molecule has 0 aliphatic carbocycles. The summed E-state index contributed by atoms with van der Waals surface area (Å²) in [5.41, 5.74) is 3.62. The number of nitrogens with one attached hydrogen (secondary N) is 1. The molecule has 1 fully saturated rings. The van der Waals surface area contributed by atoms with E-state index in [4.69, 9.17) is 0 Å². The first-order valence-electron chi connectivity index (χ1n) is 9.28. The Morgan fingerprint density at radius 3 is 2.79 bits per heavy atom. The molecule has 1 amide bonds. The molecule has 3 aromatic rings. The predicted molar refractivity (Wildman–Crippen MR) is 106 cm³/mol. The zero-order chi connectivity index (χ0) is 19.7. The van der Waals surface area contributed by atoms with Gasteiger partial charge in [0.25, 0.3) is 11.6 Å². The summed E-state index contributed by atoms with van der Waals surface area (Å²) in [7, 11) is 0. The molecule has 0 bridgehead atoms. The first-order valence-corrected chi connectivity index (χ1v) is 9.28. The maximum Gasteiger partial charge on any atom is 0.270 e. The number of hydrogen-bond donors (Lipinski definition) is 1. The zero-order valence-corrected chi connectivity index (χ0v) is 15.6. The summed E-state index contributed by atoms with van der Waals surface area (Å²) in [5.74, 6) is -0.334. The van der Waals surface area contributed by atoms with Crippen LogP contribution in [0.5, 0.6) is 0 Å². The molecule has 1 saturated heterocycles. The van der Waals surface area contributed by atoms with E-state index in [1.165, 1.54) is 12.1 Å². The molecule has 28 heavy (non-hydrogen) atoms. The molecule has 8 nitrogen and oxygen atoms in total. The maximum atomic E-state index is 12.9. The van der Waals surface area contributed by atoms with E-state index in [1.807, 2.05) is 35.9 Å². The molecule has 0 radical (unpaired) electrons. The van der Waals surface area contributed by atoms with Gasteiger partial charge in [-0.15, -0.1) is 0 Å². The Balaban J connectivity index is 1.58. The summed E-state index contributed by atoms with van der Waals surface area (Å²) in [6, 6.07) is 8.41. The number of rotatable bonds is 5.